The van der Waals surface area contributed by atoms with E-state index < -0.39 is 0 Å². The average molecular weight is 787 g/mol. The largest absolute Gasteiger partial charge is 0.372 e. The van der Waals surface area contributed by atoms with Crippen LogP contribution in [-0.4, -0.2) is 26.2 Å². The Kier molecular flexibility index (Phi) is 17.9. The molecule has 0 heterocycles. The molecule has 0 amide bonds. The molecule has 0 unspecified atom stereocenters. The summed E-state index contributed by atoms with van der Waals surface area (Å²) in [7, 11) is 0. The Bertz CT molecular complexity index is 2190. The summed E-state index contributed by atoms with van der Waals surface area (Å²) >= 11 is 0. The van der Waals surface area contributed by atoms with Gasteiger partial charge in [0, 0.05) is 59.8 Å². The summed E-state index contributed by atoms with van der Waals surface area (Å²) in [6.07, 6.45) is 18.0. The molecule has 302 valence electrons. The Morgan fingerprint density at radius 3 is 1.02 bits per heavy atom. The topological polar surface area (TPSA) is 54.1 Å². The van der Waals surface area contributed by atoms with Gasteiger partial charge in [-0.3, -0.25) is 0 Å². The van der Waals surface area contributed by atoms with Gasteiger partial charge in [0.15, 0.2) is 0 Å². The second-order valence-corrected chi connectivity index (χ2v) is 15.1. The maximum atomic E-state index is 9.34. The quantitative estimate of drug-likeness (QED) is 0.0656. The first-order valence-corrected chi connectivity index (χ1v) is 21.7. The van der Waals surface area contributed by atoms with Crippen LogP contribution < -0.4 is 9.80 Å². The van der Waals surface area contributed by atoms with E-state index in [1.165, 1.54) is 62.7 Å². The van der Waals surface area contributed by atoms with Crippen molar-refractivity contribution < 1.29 is 0 Å². The number of hydrogen-bond donors (Lipinski definition) is 0. The summed E-state index contributed by atoms with van der Waals surface area (Å²) in [6, 6.07) is 41.1. The first-order chi connectivity index (χ1) is 29.5. The molecule has 0 atom stereocenters. The molecule has 0 spiro atoms. The Labute approximate surface area is 360 Å². The lowest BCUT2D eigenvalue weighted by molar-refractivity contribution is 0.678. The van der Waals surface area contributed by atoms with Gasteiger partial charge in [-0.1, -0.05) is 126 Å². The molecule has 4 nitrogen and oxygen atoms in total. The molecule has 0 radical (unpaired) electrons. The van der Waals surface area contributed by atoms with Crippen molar-refractivity contribution in [1.82, 2.24) is 0 Å². The van der Waals surface area contributed by atoms with E-state index in [4.69, 9.17) is 0 Å². The molecule has 5 rings (SSSR count). The minimum Gasteiger partial charge on any atom is -0.372 e. The van der Waals surface area contributed by atoms with Crippen molar-refractivity contribution in [2.24, 2.45) is 0 Å². The third kappa shape index (κ3) is 13.7. The molecule has 0 aliphatic carbocycles. The van der Waals surface area contributed by atoms with Gasteiger partial charge in [0.25, 0.3) is 0 Å². The summed E-state index contributed by atoms with van der Waals surface area (Å²) in [5.41, 5.74) is 11.3. The first kappa shape index (κ1) is 44.4. The van der Waals surface area contributed by atoms with Crippen LogP contribution in [0.1, 0.15) is 135 Å². The molecule has 5 aromatic rings. The highest BCUT2D eigenvalue weighted by Crippen LogP contribution is 2.25. The van der Waals surface area contributed by atoms with E-state index in [0.717, 1.165) is 70.7 Å². The molecule has 0 N–H and O–H groups in total. The number of unbranched alkanes of at least 4 members (excludes halogenated alkanes) is 4. The van der Waals surface area contributed by atoms with Crippen LogP contribution in [0.2, 0.25) is 0 Å². The molecule has 0 aliphatic heterocycles. The zero-order valence-electron chi connectivity index (χ0n) is 36.0. The Balaban J connectivity index is 1.56. The standard InChI is InChI=1S/C56H58N4/c1-5-9-37-59(38-10-6-2)55-33-25-47(26-34-55)23-31-53-41-52(30-22-46-15-19-50(44-58)20-16-46)54(42-51(53)29-21-45-13-17-49(43-57)18-14-45)32-24-48-27-35-56(36-28-48)60(39-11-7-3)40-12-8-4/h13-20,23-28,31-36,41-42H,5-12,37-40H2,1-4H3/b31-23+,32-24+. The fourth-order valence-electron chi connectivity index (χ4n) is 6.76. The van der Waals surface area contributed by atoms with Crippen LogP contribution in [0.5, 0.6) is 0 Å². The van der Waals surface area contributed by atoms with Crippen LogP contribution in [0.4, 0.5) is 11.4 Å². The fraction of sp³-hybridized carbons (Fsp3) is 0.286. The zero-order chi connectivity index (χ0) is 42.4. The number of rotatable bonds is 18. The van der Waals surface area contributed by atoms with E-state index in [2.05, 4.69) is 158 Å². The summed E-state index contributed by atoms with van der Waals surface area (Å²) < 4.78 is 0. The van der Waals surface area contributed by atoms with Crippen molar-refractivity contribution in [1.29, 1.82) is 10.5 Å². The van der Waals surface area contributed by atoms with Gasteiger partial charge in [-0.15, -0.1) is 0 Å². The molecule has 60 heavy (non-hydrogen) atoms. The first-order valence-electron chi connectivity index (χ1n) is 21.7. The monoisotopic (exact) mass is 786 g/mol. The lowest BCUT2D eigenvalue weighted by Crippen LogP contribution is -2.25. The van der Waals surface area contributed by atoms with E-state index in [1.54, 1.807) is 24.3 Å². The third-order valence-electron chi connectivity index (χ3n) is 10.5. The van der Waals surface area contributed by atoms with E-state index in [9.17, 15) is 10.5 Å². The fourth-order valence-corrected chi connectivity index (χ4v) is 6.76. The minimum atomic E-state index is 0.606. The summed E-state index contributed by atoms with van der Waals surface area (Å²) in [6.45, 7) is 13.3. The highest BCUT2D eigenvalue weighted by atomic mass is 15.1. The number of nitriles is 2. The summed E-state index contributed by atoms with van der Waals surface area (Å²) in [5, 5.41) is 18.7. The molecule has 0 saturated heterocycles. The highest BCUT2D eigenvalue weighted by Gasteiger charge is 2.09. The van der Waals surface area contributed by atoms with E-state index in [0.29, 0.717) is 11.1 Å². The van der Waals surface area contributed by atoms with Crippen LogP contribution in [0, 0.1) is 46.3 Å². The van der Waals surface area contributed by atoms with Crippen LogP contribution in [0.25, 0.3) is 24.3 Å². The van der Waals surface area contributed by atoms with E-state index in [-0.39, 0.29) is 0 Å². The van der Waals surface area contributed by atoms with Crippen molar-refractivity contribution in [3.8, 4) is 35.8 Å². The molecule has 5 aromatic carbocycles. The lowest BCUT2D eigenvalue weighted by Gasteiger charge is -2.24. The van der Waals surface area contributed by atoms with Gasteiger partial charge >= 0.3 is 0 Å². The van der Waals surface area contributed by atoms with Crippen LogP contribution >= 0.6 is 0 Å². The van der Waals surface area contributed by atoms with Gasteiger partial charge in [-0.05, 0) is 133 Å². The molecular weight excluding hydrogens is 729 g/mol. The van der Waals surface area contributed by atoms with E-state index in [1.807, 2.05) is 24.3 Å². The molecule has 0 saturated carbocycles. The Morgan fingerprint density at radius 2 is 0.717 bits per heavy atom. The summed E-state index contributed by atoms with van der Waals surface area (Å²) in [4.78, 5) is 5.01. The third-order valence-corrected chi connectivity index (χ3v) is 10.5. The van der Waals surface area contributed by atoms with Gasteiger partial charge in [0.2, 0.25) is 0 Å². The smallest absolute Gasteiger partial charge is 0.0991 e. The van der Waals surface area contributed by atoms with Gasteiger partial charge in [-0.2, -0.15) is 10.5 Å². The second-order valence-electron chi connectivity index (χ2n) is 15.1. The predicted octanol–water partition coefficient (Wildman–Crippen LogP) is 13.4. The molecule has 0 aromatic heterocycles. The van der Waals surface area contributed by atoms with Crippen LogP contribution in [0.15, 0.2) is 109 Å². The van der Waals surface area contributed by atoms with Crippen molar-refractivity contribution in [2.45, 2.75) is 79.1 Å². The molecule has 4 heteroatoms. The minimum absolute atomic E-state index is 0.606. The number of hydrogen-bond acceptors (Lipinski definition) is 4. The second kappa shape index (κ2) is 24.3. The Morgan fingerprint density at radius 1 is 0.400 bits per heavy atom. The normalized spacial score (nSPS) is 10.7. The van der Waals surface area contributed by atoms with Gasteiger partial charge in [0.1, 0.15) is 0 Å². The Hall–Kier alpha value is -6.72. The predicted molar refractivity (Wildman–Crippen MR) is 256 cm³/mol. The molecular formula is C56H58N4. The molecule has 0 fully saturated rings. The maximum Gasteiger partial charge on any atom is 0.0991 e. The average Bonchev–Trinajstić information content (AvgIpc) is 3.30. The van der Waals surface area contributed by atoms with Crippen molar-refractivity contribution in [2.75, 3.05) is 36.0 Å². The van der Waals surface area contributed by atoms with Crippen LogP contribution in [0.3, 0.4) is 0 Å². The van der Waals surface area contributed by atoms with Crippen molar-refractivity contribution >= 4 is 35.7 Å². The van der Waals surface area contributed by atoms with Crippen LogP contribution in [-0.2, 0) is 0 Å². The number of anilines is 2. The summed E-state index contributed by atoms with van der Waals surface area (Å²) in [5.74, 6) is 13.6. The molecule has 0 aliphatic rings. The van der Waals surface area contributed by atoms with Gasteiger partial charge in [-0.25, -0.2) is 0 Å². The maximum absolute atomic E-state index is 9.34. The van der Waals surface area contributed by atoms with Gasteiger partial charge < -0.3 is 9.80 Å². The number of nitrogens with zero attached hydrogens (tertiary/aromatic N) is 4. The van der Waals surface area contributed by atoms with Crippen molar-refractivity contribution in [3.63, 3.8) is 0 Å². The van der Waals surface area contributed by atoms with E-state index >= 15 is 0 Å². The van der Waals surface area contributed by atoms with Crippen molar-refractivity contribution in [3.05, 3.63) is 165 Å². The lowest BCUT2D eigenvalue weighted by atomic mass is 9.96. The van der Waals surface area contributed by atoms with Gasteiger partial charge in [0.05, 0.1) is 23.3 Å². The SMILES string of the molecule is CCCCN(CCCC)c1ccc(/C=C/c2cc(C#Cc3ccc(C#N)cc3)c(/C=C/c3ccc(N(CCCC)CCCC)cc3)cc2C#Cc2ccc(C#N)cc2)cc1. The zero-order valence-corrected chi connectivity index (χ0v) is 36.0. The molecule has 0 bridgehead atoms. The number of benzene rings is 5. The highest BCUT2D eigenvalue weighted by molar-refractivity contribution is 5.80.